The maximum atomic E-state index is 12.4. The van der Waals surface area contributed by atoms with Gasteiger partial charge in [0.15, 0.2) is 0 Å². The van der Waals surface area contributed by atoms with Gasteiger partial charge in [-0.15, -0.1) is 0 Å². The first-order valence-corrected chi connectivity index (χ1v) is 10.1. The standard InChI is InChI=1S/C19H23NO10S/c1-3-15(21)26-11-28-18(24)20-14(17(23)30-13-8-6-5-7-9-13)10-31-19(25)29-12-27-16(22)4-2/h5-9,14H,3-4,10-12H2,1-2H3,(H,20,24)/t14-/m0/s1. The minimum absolute atomic E-state index is 0.101. The zero-order chi connectivity index (χ0) is 23.1. The summed E-state index contributed by atoms with van der Waals surface area (Å²) in [6.07, 6.45) is -0.842. The number of alkyl carbamates (subject to hydrolysis) is 1. The van der Waals surface area contributed by atoms with Gasteiger partial charge in [-0.3, -0.25) is 9.59 Å². The molecule has 0 radical (unpaired) electrons. The molecule has 0 aliphatic carbocycles. The normalized spacial score (nSPS) is 10.9. The van der Waals surface area contributed by atoms with Crippen molar-refractivity contribution in [3.05, 3.63) is 30.3 Å². The Morgan fingerprint density at radius 3 is 2.03 bits per heavy atom. The highest BCUT2D eigenvalue weighted by Gasteiger charge is 2.26. The lowest BCUT2D eigenvalue weighted by Crippen LogP contribution is -2.45. The summed E-state index contributed by atoms with van der Waals surface area (Å²) in [6.45, 7) is 1.93. The van der Waals surface area contributed by atoms with Gasteiger partial charge in [0, 0.05) is 18.6 Å². The summed E-state index contributed by atoms with van der Waals surface area (Å²) in [4.78, 5) is 58.1. The van der Waals surface area contributed by atoms with Crippen LogP contribution < -0.4 is 10.1 Å². The first kappa shape index (κ1) is 25.8. The van der Waals surface area contributed by atoms with Crippen molar-refractivity contribution in [3.8, 4) is 5.75 Å². The molecule has 1 aromatic rings. The van der Waals surface area contributed by atoms with Gasteiger partial charge in [-0.05, 0) is 23.9 Å². The van der Waals surface area contributed by atoms with Crippen molar-refractivity contribution in [2.24, 2.45) is 0 Å². The molecule has 0 spiro atoms. The van der Waals surface area contributed by atoms with E-state index >= 15 is 0 Å². The van der Waals surface area contributed by atoms with Crippen molar-refractivity contribution >= 4 is 41.1 Å². The van der Waals surface area contributed by atoms with E-state index in [0.717, 1.165) is 0 Å². The van der Waals surface area contributed by atoms with E-state index in [-0.39, 0.29) is 24.3 Å². The van der Waals surface area contributed by atoms with Gasteiger partial charge in [0.1, 0.15) is 11.8 Å². The third-order valence-corrected chi connectivity index (χ3v) is 4.14. The monoisotopic (exact) mass is 457 g/mol. The quantitative estimate of drug-likeness (QED) is 0.297. The summed E-state index contributed by atoms with van der Waals surface area (Å²) < 4.78 is 23.8. The number of hydrogen-bond acceptors (Lipinski definition) is 11. The first-order valence-electron chi connectivity index (χ1n) is 9.16. The number of carbonyl (C=O) groups is 5. The molecule has 1 rings (SSSR count). The fourth-order valence-electron chi connectivity index (χ4n) is 1.72. The lowest BCUT2D eigenvalue weighted by molar-refractivity contribution is -0.152. The molecule has 0 saturated heterocycles. The number of rotatable bonds is 11. The Hall–Kier alpha value is -3.28. The lowest BCUT2D eigenvalue weighted by Gasteiger charge is -2.17. The molecule has 0 saturated carbocycles. The maximum Gasteiger partial charge on any atom is 0.410 e. The Bertz CT molecular complexity index is 755. The summed E-state index contributed by atoms with van der Waals surface area (Å²) in [6, 6.07) is 6.77. The molecule has 1 amide bonds. The third-order valence-electron chi connectivity index (χ3n) is 3.29. The summed E-state index contributed by atoms with van der Waals surface area (Å²) in [5, 5.41) is 1.39. The fraction of sp³-hybridized carbons (Fsp3) is 0.421. The van der Waals surface area contributed by atoms with Crippen molar-refractivity contribution in [1.82, 2.24) is 5.32 Å². The second-order valence-corrected chi connectivity index (χ2v) is 6.50. The van der Waals surface area contributed by atoms with E-state index in [2.05, 4.69) is 19.5 Å². The molecule has 0 heterocycles. The predicted molar refractivity (Wildman–Crippen MR) is 107 cm³/mol. The van der Waals surface area contributed by atoms with Crippen molar-refractivity contribution < 1.29 is 47.7 Å². The summed E-state index contributed by atoms with van der Waals surface area (Å²) >= 11 is 0.548. The van der Waals surface area contributed by atoms with Gasteiger partial charge in [0.25, 0.3) is 0 Å². The van der Waals surface area contributed by atoms with Crippen LogP contribution in [0.2, 0.25) is 0 Å². The largest absolute Gasteiger partial charge is 0.428 e. The zero-order valence-electron chi connectivity index (χ0n) is 17.0. The van der Waals surface area contributed by atoms with E-state index in [1.165, 1.54) is 12.1 Å². The van der Waals surface area contributed by atoms with E-state index < -0.39 is 48.9 Å². The molecule has 0 aliphatic heterocycles. The second-order valence-electron chi connectivity index (χ2n) is 5.54. The van der Waals surface area contributed by atoms with E-state index in [1.807, 2.05) is 0 Å². The molecular formula is C19H23NO10S. The van der Waals surface area contributed by atoms with Crippen LogP contribution >= 0.6 is 11.8 Å². The lowest BCUT2D eigenvalue weighted by atomic mass is 10.3. The molecule has 1 atom stereocenters. The molecule has 170 valence electrons. The number of para-hydroxylation sites is 1. The van der Waals surface area contributed by atoms with Crippen molar-refractivity contribution in [2.45, 2.75) is 32.7 Å². The van der Waals surface area contributed by atoms with Crippen LogP contribution in [-0.2, 0) is 33.3 Å². The van der Waals surface area contributed by atoms with Crippen LogP contribution in [0.15, 0.2) is 30.3 Å². The summed E-state index contributed by atoms with van der Waals surface area (Å²) in [7, 11) is 0. The topological polar surface area (TPSA) is 144 Å². The molecule has 31 heavy (non-hydrogen) atoms. The predicted octanol–water partition coefficient (Wildman–Crippen LogP) is 2.38. The Morgan fingerprint density at radius 1 is 0.871 bits per heavy atom. The van der Waals surface area contributed by atoms with Gasteiger partial charge >= 0.3 is 29.3 Å². The number of esters is 3. The van der Waals surface area contributed by atoms with Gasteiger partial charge in [0.2, 0.25) is 13.6 Å². The number of ether oxygens (including phenoxy) is 5. The molecule has 0 aliphatic rings. The summed E-state index contributed by atoms with van der Waals surface area (Å²) in [5.74, 6) is -2.03. The number of nitrogens with one attached hydrogen (secondary N) is 1. The van der Waals surface area contributed by atoms with Crippen LogP contribution in [0.3, 0.4) is 0 Å². The van der Waals surface area contributed by atoms with E-state index in [9.17, 15) is 24.0 Å². The first-order chi connectivity index (χ1) is 14.8. The van der Waals surface area contributed by atoms with Gasteiger partial charge in [-0.1, -0.05) is 32.0 Å². The van der Waals surface area contributed by atoms with E-state index in [0.29, 0.717) is 11.8 Å². The average Bonchev–Trinajstić information content (AvgIpc) is 2.76. The minimum atomic E-state index is -1.30. The zero-order valence-corrected chi connectivity index (χ0v) is 17.8. The van der Waals surface area contributed by atoms with Crippen LogP contribution in [0, 0.1) is 0 Å². The smallest absolute Gasteiger partial charge is 0.410 e. The van der Waals surface area contributed by atoms with Gasteiger partial charge in [-0.2, -0.15) is 0 Å². The highest BCUT2D eigenvalue weighted by molar-refractivity contribution is 8.13. The Kier molecular flexibility index (Phi) is 12.2. The Morgan fingerprint density at radius 2 is 1.45 bits per heavy atom. The second kappa shape index (κ2) is 14.7. The molecule has 11 nitrogen and oxygen atoms in total. The van der Waals surface area contributed by atoms with E-state index in [4.69, 9.17) is 9.47 Å². The number of benzene rings is 1. The third kappa shape index (κ3) is 11.5. The Balaban J connectivity index is 2.61. The van der Waals surface area contributed by atoms with Crippen LogP contribution in [-0.4, -0.2) is 54.7 Å². The average molecular weight is 457 g/mol. The van der Waals surface area contributed by atoms with Crippen LogP contribution in [0.5, 0.6) is 5.75 Å². The molecular weight excluding hydrogens is 434 g/mol. The van der Waals surface area contributed by atoms with Crippen LogP contribution in [0.1, 0.15) is 26.7 Å². The van der Waals surface area contributed by atoms with E-state index in [1.54, 1.807) is 32.0 Å². The molecule has 0 fully saturated rings. The highest BCUT2D eigenvalue weighted by Crippen LogP contribution is 2.13. The van der Waals surface area contributed by atoms with Gasteiger partial charge < -0.3 is 29.0 Å². The minimum Gasteiger partial charge on any atom is -0.428 e. The Labute approximate surface area is 182 Å². The summed E-state index contributed by atoms with van der Waals surface area (Å²) in [5.41, 5.74) is 0. The highest BCUT2D eigenvalue weighted by atomic mass is 32.2. The fourth-order valence-corrected chi connectivity index (χ4v) is 2.37. The van der Waals surface area contributed by atoms with Gasteiger partial charge in [-0.25, -0.2) is 14.4 Å². The maximum absolute atomic E-state index is 12.4. The molecule has 0 bridgehead atoms. The van der Waals surface area contributed by atoms with Crippen molar-refractivity contribution in [3.63, 3.8) is 0 Å². The van der Waals surface area contributed by atoms with Crippen molar-refractivity contribution in [2.75, 3.05) is 19.3 Å². The number of amides is 1. The number of hydrogen-bond donors (Lipinski definition) is 1. The number of carbonyl (C=O) groups excluding carboxylic acids is 5. The SMILES string of the molecule is CCC(=O)OCOC(=O)N[C@@H](CSC(=O)OCOC(=O)CC)C(=O)Oc1ccccc1. The van der Waals surface area contributed by atoms with Crippen LogP contribution in [0.25, 0.3) is 0 Å². The van der Waals surface area contributed by atoms with Gasteiger partial charge in [0.05, 0.1) is 0 Å². The molecule has 0 aromatic heterocycles. The molecule has 1 aromatic carbocycles. The molecule has 12 heteroatoms. The number of thioether (sulfide) groups is 1. The molecule has 0 unspecified atom stereocenters. The molecule has 1 N–H and O–H groups in total. The van der Waals surface area contributed by atoms with Crippen molar-refractivity contribution in [1.29, 1.82) is 0 Å². The van der Waals surface area contributed by atoms with Crippen LogP contribution in [0.4, 0.5) is 9.59 Å².